The van der Waals surface area contributed by atoms with Crippen molar-refractivity contribution in [3.8, 4) is 5.75 Å². The van der Waals surface area contributed by atoms with Crippen molar-refractivity contribution >= 4 is 34.2 Å². The van der Waals surface area contributed by atoms with Crippen LogP contribution in [0.5, 0.6) is 5.75 Å². The molecule has 2 N–H and O–H groups in total. The molecular formula is C25H19F3N2O4. The minimum atomic E-state index is -4.73. The molecule has 2 amide bonds. The Balaban J connectivity index is 1.72. The summed E-state index contributed by atoms with van der Waals surface area (Å²) in [7, 11) is 0. The maximum absolute atomic E-state index is 13.4. The fourth-order valence-corrected chi connectivity index (χ4v) is 3.47. The Hall–Kier alpha value is -4.27. The van der Waals surface area contributed by atoms with Crippen molar-refractivity contribution in [2.75, 3.05) is 17.2 Å². The molecule has 4 rings (SSSR count). The smallest absolute Gasteiger partial charge is 0.417 e. The molecule has 6 nitrogen and oxygen atoms in total. The molecule has 1 heterocycles. The minimum absolute atomic E-state index is 0.0380. The van der Waals surface area contributed by atoms with Crippen LogP contribution in [0.2, 0.25) is 0 Å². The van der Waals surface area contributed by atoms with E-state index in [-0.39, 0.29) is 17.0 Å². The van der Waals surface area contributed by atoms with Crippen molar-refractivity contribution < 1.29 is 31.9 Å². The van der Waals surface area contributed by atoms with Gasteiger partial charge in [-0.15, -0.1) is 0 Å². The standard InChI is InChI=1S/C25H19F3N2O4/c1-2-33-20-14-8-6-12-18(20)29-24(32)22-21(16-10-4-7-13-19(16)34-22)30-23(31)15-9-3-5-11-17(15)25(26,27)28/h3-14H,2H2,1H3,(H,29,32)(H,30,31). The predicted molar refractivity (Wildman–Crippen MR) is 121 cm³/mol. The SMILES string of the molecule is CCOc1ccccc1NC(=O)c1oc2ccccc2c1NC(=O)c1ccccc1C(F)(F)F. The number of hydrogen-bond donors (Lipinski definition) is 2. The third-order valence-corrected chi connectivity index (χ3v) is 4.95. The van der Waals surface area contributed by atoms with Crippen LogP contribution in [0.3, 0.4) is 0 Å². The van der Waals surface area contributed by atoms with E-state index in [0.29, 0.717) is 23.4 Å². The monoisotopic (exact) mass is 468 g/mol. The number of nitrogens with one attached hydrogen (secondary N) is 2. The van der Waals surface area contributed by atoms with E-state index < -0.39 is 29.1 Å². The lowest BCUT2D eigenvalue weighted by Gasteiger charge is -2.13. The van der Waals surface area contributed by atoms with Crippen LogP contribution in [-0.4, -0.2) is 18.4 Å². The number of anilines is 2. The summed E-state index contributed by atoms with van der Waals surface area (Å²) in [5.74, 6) is -1.56. The van der Waals surface area contributed by atoms with Crippen molar-refractivity contribution in [3.63, 3.8) is 0 Å². The van der Waals surface area contributed by atoms with Gasteiger partial charge < -0.3 is 19.8 Å². The first-order valence-electron chi connectivity index (χ1n) is 10.3. The van der Waals surface area contributed by atoms with Gasteiger partial charge in [-0.05, 0) is 43.3 Å². The number of halogens is 3. The highest BCUT2D eigenvalue weighted by Gasteiger charge is 2.35. The van der Waals surface area contributed by atoms with Gasteiger partial charge in [0.2, 0.25) is 5.76 Å². The third-order valence-electron chi connectivity index (χ3n) is 4.95. The summed E-state index contributed by atoms with van der Waals surface area (Å²) in [6.45, 7) is 2.17. The summed E-state index contributed by atoms with van der Waals surface area (Å²) in [5, 5.41) is 5.48. The Labute approximate surface area is 192 Å². The van der Waals surface area contributed by atoms with Crippen molar-refractivity contribution in [1.82, 2.24) is 0 Å². The average Bonchev–Trinajstić information content (AvgIpc) is 3.18. The molecule has 174 valence electrons. The van der Waals surface area contributed by atoms with Gasteiger partial charge in [-0.25, -0.2) is 0 Å². The van der Waals surface area contributed by atoms with Crippen LogP contribution in [0.4, 0.5) is 24.5 Å². The van der Waals surface area contributed by atoms with Gasteiger partial charge >= 0.3 is 6.18 Å². The summed E-state index contributed by atoms with van der Waals surface area (Å²) in [6.07, 6.45) is -4.73. The van der Waals surface area contributed by atoms with Gasteiger partial charge in [0.05, 0.1) is 23.4 Å². The lowest BCUT2D eigenvalue weighted by molar-refractivity contribution is -0.137. The molecular weight excluding hydrogens is 449 g/mol. The highest BCUT2D eigenvalue weighted by molar-refractivity contribution is 6.17. The summed E-state index contributed by atoms with van der Waals surface area (Å²) < 4.78 is 51.4. The Kier molecular flexibility index (Phi) is 6.27. The molecule has 1 aromatic heterocycles. The number of ether oxygens (including phenoxy) is 1. The highest BCUT2D eigenvalue weighted by atomic mass is 19.4. The Morgan fingerprint density at radius 1 is 0.882 bits per heavy atom. The number of benzene rings is 3. The average molecular weight is 468 g/mol. The van der Waals surface area contributed by atoms with Gasteiger partial charge in [0.25, 0.3) is 11.8 Å². The fraction of sp³-hybridized carbons (Fsp3) is 0.120. The molecule has 0 aliphatic heterocycles. The van der Waals surface area contributed by atoms with Crippen molar-refractivity contribution in [3.05, 3.63) is 89.7 Å². The van der Waals surface area contributed by atoms with E-state index in [1.54, 1.807) is 55.5 Å². The number of alkyl halides is 3. The lowest BCUT2D eigenvalue weighted by atomic mass is 10.1. The van der Waals surface area contributed by atoms with Crippen LogP contribution in [0.25, 0.3) is 11.0 Å². The molecule has 0 radical (unpaired) electrons. The maximum atomic E-state index is 13.4. The lowest BCUT2D eigenvalue weighted by Crippen LogP contribution is -2.20. The summed E-state index contributed by atoms with van der Waals surface area (Å²) in [5.41, 5.74) is -1.05. The number of hydrogen-bond acceptors (Lipinski definition) is 4. The summed E-state index contributed by atoms with van der Waals surface area (Å²) in [4.78, 5) is 26.0. The van der Waals surface area contributed by atoms with Crippen molar-refractivity contribution in [1.29, 1.82) is 0 Å². The molecule has 0 saturated carbocycles. The zero-order valence-electron chi connectivity index (χ0n) is 17.9. The first-order valence-corrected chi connectivity index (χ1v) is 10.3. The molecule has 0 saturated heterocycles. The molecule has 9 heteroatoms. The third kappa shape index (κ3) is 4.59. The van der Waals surface area contributed by atoms with E-state index in [2.05, 4.69) is 10.6 Å². The molecule has 0 aliphatic carbocycles. The quantitative estimate of drug-likeness (QED) is 0.345. The Morgan fingerprint density at radius 3 is 2.32 bits per heavy atom. The number of fused-ring (bicyclic) bond motifs is 1. The molecule has 34 heavy (non-hydrogen) atoms. The van der Waals surface area contributed by atoms with Gasteiger partial charge in [0.15, 0.2) is 0 Å². The largest absolute Gasteiger partial charge is 0.492 e. The van der Waals surface area contributed by atoms with Crippen LogP contribution in [0.1, 0.15) is 33.4 Å². The Morgan fingerprint density at radius 2 is 1.56 bits per heavy atom. The number of carbonyl (C=O) groups excluding carboxylic acids is 2. The van der Waals surface area contributed by atoms with E-state index in [4.69, 9.17) is 9.15 Å². The Bertz CT molecular complexity index is 1360. The highest BCUT2D eigenvalue weighted by Crippen LogP contribution is 2.35. The van der Waals surface area contributed by atoms with E-state index in [1.165, 1.54) is 12.1 Å². The van der Waals surface area contributed by atoms with E-state index >= 15 is 0 Å². The van der Waals surface area contributed by atoms with Crippen LogP contribution in [-0.2, 0) is 6.18 Å². The molecule has 0 atom stereocenters. The zero-order chi connectivity index (χ0) is 24.3. The zero-order valence-corrected chi connectivity index (χ0v) is 17.9. The van der Waals surface area contributed by atoms with Gasteiger partial charge in [-0.3, -0.25) is 9.59 Å². The molecule has 0 aliphatic rings. The second-order valence-electron chi connectivity index (χ2n) is 7.18. The van der Waals surface area contributed by atoms with E-state index in [0.717, 1.165) is 12.1 Å². The van der Waals surface area contributed by atoms with Crippen LogP contribution in [0, 0.1) is 0 Å². The van der Waals surface area contributed by atoms with Gasteiger partial charge in [0.1, 0.15) is 17.0 Å². The van der Waals surface area contributed by atoms with Gasteiger partial charge in [0, 0.05) is 5.39 Å². The van der Waals surface area contributed by atoms with Crippen LogP contribution >= 0.6 is 0 Å². The number of carbonyl (C=O) groups is 2. The van der Waals surface area contributed by atoms with E-state index in [1.807, 2.05) is 0 Å². The summed E-state index contributed by atoms with van der Waals surface area (Å²) in [6, 6.07) is 17.7. The molecule has 0 bridgehead atoms. The normalized spacial score (nSPS) is 11.3. The molecule has 0 fully saturated rings. The minimum Gasteiger partial charge on any atom is -0.492 e. The topological polar surface area (TPSA) is 80.6 Å². The number of furan rings is 1. The molecule has 0 unspecified atom stereocenters. The predicted octanol–water partition coefficient (Wildman–Crippen LogP) is 6.35. The number of rotatable bonds is 6. The van der Waals surface area contributed by atoms with Crippen LogP contribution in [0.15, 0.2) is 77.2 Å². The number of para-hydroxylation sites is 3. The molecule has 3 aromatic carbocycles. The first kappa shape index (κ1) is 22.9. The maximum Gasteiger partial charge on any atom is 0.417 e. The molecule has 4 aromatic rings. The van der Waals surface area contributed by atoms with Crippen molar-refractivity contribution in [2.45, 2.75) is 13.1 Å². The second kappa shape index (κ2) is 9.30. The summed E-state index contributed by atoms with van der Waals surface area (Å²) >= 11 is 0. The van der Waals surface area contributed by atoms with Crippen molar-refractivity contribution in [2.24, 2.45) is 0 Å². The first-order chi connectivity index (χ1) is 16.3. The van der Waals surface area contributed by atoms with E-state index in [9.17, 15) is 22.8 Å². The molecule has 0 spiro atoms. The fourth-order valence-electron chi connectivity index (χ4n) is 3.47. The van der Waals surface area contributed by atoms with Crippen LogP contribution < -0.4 is 15.4 Å². The van der Waals surface area contributed by atoms with Gasteiger partial charge in [-0.2, -0.15) is 13.2 Å². The second-order valence-corrected chi connectivity index (χ2v) is 7.18. The number of amides is 2. The van der Waals surface area contributed by atoms with Gasteiger partial charge in [-0.1, -0.05) is 36.4 Å².